The van der Waals surface area contributed by atoms with E-state index in [0.29, 0.717) is 10.5 Å². The minimum Gasteiger partial charge on any atom is -0.465 e. The number of ether oxygens (including phenoxy) is 1. The van der Waals surface area contributed by atoms with Crippen LogP contribution < -0.4 is 5.32 Å². The number of amides is 2. The van der Waals surface area contributed by atoms with Gasteiger partial charge in [-0.1, -0.05) is 18.2 Å². The average Bonchev–Trinajstić information content (AvgIpc) is 2.95. The van der Waals surface area contributed by atoms with E-state index in [1.165, 1.54) is 12.0 Å². The number of methoxy groups -OCH3 is 1. The topological polar surface area (TPSA) is 75.7 Å². The Morgan fingerprint density at radius 1 is 1.21 bits per heavy atom. The molecule has 0 radical (unpaired) electrons. The number of rotatable bonds is 5. The zero-order chi connectivity index (χ0) is 20.3. The maximum atomic E-state index is 12.6. The molecular formula is C20H17IN2O4S. The first kappa shape index (κ1) is 20.4. The fourth-order valence-corrected chi connectivity index (χ4v) is 3.90. The van der Waals surface area contributed by atoms with Gasteiger partial charge in [0.15, 0.2) is 0 Å². The number of carbonyl (C=O) groups excluding carboxylic acids is 3. The standard InChI is InChI=1S/C20H17IN2O4S/c1-12-3-8-15(21)10-16(12)22-11-23-18(24)17(28-20(23)26)9-13-4-6-14(7-5-13)19(25)27-2/h3-10,22H,11H2,1-2H3/b17-9+. The zero-order valence-corrected chi connectivity index (χ0v) is 18.2. The average molecular weight is 508 g/mol. The molecule has 2 aromatic rings. The Balaban J connectivity index is 1.71. The van der Waals surface area contributed by atoms with Crippen molar-refractivity contribution in [1.82, 2.24) is 4.90 Å². The van der Waals surface area contributed by atoms with E-state index in [1.54, 1.807) is 30.3 Å². The fraction of sp³-hybridized carbons (Fsp3) is 0.150. The first-order chi connectivity index (χ1) is 13.4. The van der Waals surface area contributed by atoms with Crippen LogP contribution in [0, 0.1) is 10.5 Å². The summed E-state index contributed by atoms with van der Waals surface area (Å²) in [6, 6.07) is 12.6. The Morgan fingerprint density at radius 3 is 2.61 bits per heavy atom. The molecule has 1 aliphatic rings. The first-order valence-corrected chi connectivity index (χ1v) is 10.2. The number of thioether (sulfide) groups is 1. The third-order valence-electron chi connectivity index (χ3n) is 4.13. The molecule has 0 spiro atoms. The summed E-state index contributed by atoms with van der Waals surface area (Å²) in [7, 11) is 1.32. The zero-order valence-electron chi connectivity index (χ0n) is 15.2. The van der Waals surface area contributed by atoms with Crippen LogP contribution in [-0.4, -0.2) is 35.8 Å². The molecule has 0 saturated carbocycles. The van der Waals surface area contributed by atoms with Crippen LogP contribution in [0.2, 0.25) is 0 Å². The Hall–Kier alpha value is -2.33. The molecule has 3 rings (SSSR count). The summed E-state index contributed by atoms with van der Waals surface area (Å²) in [6.07, 6.45) is 1.64. The number of imide groups is 1. The highest BCUT2D eigenvalue weighted by Crippen LogP contribution is 2.32. The number of halogens is 1. The second kappa shape index (κ2) is 8.78. The SMILES string of the molecule is COC(=O)c1ccc(/C=C2/SC(=O)N(CNc3cc(I)ccc3C)C2=O)cc1. The van der Waals surface area contributed by atoms with E-state index < -0.39 is 5.97 Å². The monoisotopic (exact) mass is 508 g/mol. The molecule has 1 aliphatic heterocycles. The molecule has 1 N–H and O–H groups in total. The molecule has 6 nitrogen and oxygen atoms in total. The van der Waals surface area contributed by atoms with E-state index in [-0.39, 0.29) is 17.8 Å². The second-order valence-corrected chi connectivity index (χ2v) is 8.26. The van der Waals surface area contributed by atoms with E-state index in [1.807, 2.05) is 25.1 Å². The Labute approximate surface area is 180 Å². The maximum Gasteiger partial charge on any atom is 0.337 e. The molecule has 0 aromatic heterocycles. The lowest BCUT2D eigenvalue weighted by molar-refractivity contribution is -0.122. The van der Waals surface area contributed by atoms with Gasteiger partial charge in [-0.15, -0.1) is 0 Å². The normalized spacial score (nSPS) is 15.2. The Morgan fingerprint density at radius 2 is 1.93 bits per heavy atom. The van der Waals surface area contributed by atoms with Crippen molar-refractivity contribution in [2.45, 2.75) is 6.92 Å². The van der Waals surface area contributed by atoms with Crippen molar-refractivity contribution < 1.29 is 19.1 Å². The van der Waals surface area contributed by atoms with Crippen LogP contribution in [0.3, 0.4) is 0 Å². The number of aryl methyl sites for hydroxylation is 1. The van der Waals surface area contributed by atoms with Gasteiger partial charge in [0.2, 0.25) is 0 Å². The molecule has 0 aliphatic carbocycles. The molecule has 2 amide bonds. The summed E-state index contributed by atoms with van der Waals surface area (Å²) in [6.45, 7) is 2.06. The lowest BCUT2D eigenvalue weighted by atomic mass is 10.1. The number of esters is 1. The van der Waals surface area contributed by atoms with Gasteiger partial charge in [-0.3, -0.25) is 14.5 Å². The molecule has 144 valence electrons. The predicted molar refractivity (Wildman–Crippen MR) is 118 cm³/mol. The van der Waals surface area contributed by atoms with Gasteiger partial charge in [0.1, 0.15) is 0 Å². The highest BCUT2D eigenvalue weighted by molar-refractivity contribution is 14.1. The third kappa shape index (κ3) is 4.56. The van der Waals surface area contributed by atoms with E-state index in [2.05, 4.69) is 32.6 Å². The summed E-state index contributed by atoms with van der Waals surface area (Å²) < 4.78 is 5.73. The van der Waals surface area contributed by atoms with E-state index in [9.17, 15) is 14.4 Å². The minimum absolute atomic E-state index is 0.101. The van der Waals surface area contributed by atoms with Crippen LogP contribution in [0.1, 0.15) is 21.5 Å². The summed E-state index contributed by atoms with van der Waals surface area (Å²) in [4.78, 5) is 37.9. The van der Waals surface area contributed by atoms with Gasteiger partial charge in [0.05, 0.1) is 24.2 Å². The highest BCUT2D eigenvalue weighted by atomic mass is 127. The molecule has 0 bridgehead atoms. The van der Waals surface area contributed by atoms with E-state index in [4.69, 9.17) is 0 Å². The molecule has 8 heteroatoms. The molecule has 1 saturated heterocycles. The molecule has 0 unspecified atom stereocenters. The number of carbonyl (C=O) groups is 3. The third-order valence-corrected chi connectivity index (χ3v) is 5.71. The second-order valence-electron chi connectivity index (χ2n) is 6.02. The molecule has 0 atom stereocenters. The van der Waals surface area contributed by atoms with E-state index >= 15 is 0 Å². The van der Waals surface area contributed by atoms with Gasteiger partial charge in [-0.05, 0) is 82.7 Å². The minimum atomic E-state index is -0.427. The van der Waals surface area contributed by atoms with Crippen molar-refractivity contribution in [3.8, 4) is 0 Å². The lowest BCUT2D eigenvalue weighted by Gasteiger charge is -2.16. The predicted octanol–water partition coefficient (Wildman–Crippen LogP) is 4.49. The number of hydrogen-bond donors (Lipinski definition) is 1. The van der Waals surface area contributed by atoms with Gasteiger partial charge >= 0.3 is 5.97 Å². The molecular weight excluding hydrogens is 491 g/mol. The van der Waals surface area contributed by atoms with Crippen LogP contribution in [0.15, 0.2) is 47.4 Å². The summed E-state index contributed by atoms with van der Waals surface area (Å²) in [5.41, 5.74) is 3.06. The summed E-state index contributed by atoms with van der Waals surface area (Å²) in [5, 5.41) is 2.83. The first-order valence-electron chi connectivity index (χ1n) is 8.33. The maximum absolute atomic E-state index is 12.6. The van der Waals surface area contributed by atoms with Gasteiger partial charge in [0.25, 0.3) is 11.1 Å². The van der Waals surface area contributed by atoms with Crippen LogP contribution in [-0.2, 0) is 9.53 Å². The van der Waals surface area contributed by atoms with Gasteiger partial charge in [-0.2, -0.15) is 0 Å². The van der Waals surface area contributed by atoms with Gasteiger partial charge < -0.3 is 10.1 Å². The summed E-state index contributed by atoms with van der Waals surface area (Å²) >= 11 is 3.11. The van der Waals surface area contributed by atoms with Crippen LogP contribution in [0.25, 0.3) is 6.08 Å². The Kier molecular flexibility index (Phi) is 6.40. The largest absolute Gasteiger partial charge is 0.465 e. The van der Waals surface area contributed by atoms with Crippen LogP contribution >= 0.6 is 34.4 Å². The van der Waals surface area contributed by atoms with Crippen molar-refractivity contribution >= 4 is 63.2 Å². The molecule has 28 heavy (non-hydrogen) atoms. The van der Waals surface area contributed by atoms with Crippen molar-refractivity contribution in [3.05, 3.63) is 67.6 Å². The Bertz CT molecular complexity index is 973. The van der Waals surface area contributed by atoms with E-state index in [0.717, 1.165) is 32.1 Å². The van der Waals surface area contributed by atoms with Crippen molar-refractivity contribution in [2.75, 3.05) is 19.1 Å². The van der Waals surface area contributed by atoms with Crippen molar-refractivity contribution in [1.29, 1.82) is 0 Å². The smallest absolute Gasteiger partial charge is 0.337 e. The van der Waals surface area contributed by atoms with Crippen molar-refractivity contribution in [2.24, 2.45) is 0 Å². The lowest BCUT2D eigenvalue weighted by Crippen LogP contribution is -2.33. The number of benzene rings is 2. The van der Waals surface area contributed by atoms with Crippen LogP contribution in [0.5, 0.6) is 0 Å². The van der Waals surface area contributed by atoms with Gasteiger partial charge in [-0.25, -0.2) is 4.79 Å². The number of hydrogen-bond acceptors (Lipinski definition) is 6. The van der Waals surface area contributed by atoms with Gasteiger partial charge in [0, 0.05) is 9.26 Å². The molecule has 1 heterocycles. The number of anilines is 1. The summed E-state index contributed by atoms with van der Waals surface area (Å²) in [5.74, 6) is -0.772. The van der Waals surface area contributed by atoms with Crippen molar-refractivity contribution in [3.63, 3.8) is 0 Å². The molecule has 1 fully saturated rings. The molecule has 2 aromatic carbocycles. The van der Waals surface area contributed by atoms with Crippen LogP contribution in [0.4, 0.5) is 10.5 Å². The quantitative estimate of drug-likeness (QED) is 0.365. The highest BCUT2D eigenvalue weighted by Gasteiger charge is 2.34. The number of nitrogens with one attached hydrogen (secondary N) is 1. The fourth-order valence-electron chi connectivity index (χ4n) is 2.57. The number of nitrogens with zero attached hydrogens (tertiary/aromatic N) is 1.